The van der Waals surface area contributed by atoms with Crippen LogP contribution in [0.25, 0.3) is 0 Å². The quantitative estimate of drug-likeness (QED) is 0.162. The van der Waals surface area contributed by atoms with Gasteiger partial charge in [0.1, 0.15) is 0 Å². The van der Waals surface area contributed by atoms with Crippen molar-refractivity contribution in [2.24, 2.45) is 0 Å². The van der Waals surface area contributed by atoms with E-state index in [1.54, 1.807) is 12.4 Å². The van der Waals surface area contributed by atoms with E-state index in [9.17, 15) is 0 Å². The van der Waals surface area contributed by atoms with Crippen LogP contribution in [-0.2, 0) is 13.5 Å². The third kappa shape index (κ3) is 13.5. The zero-order chi connectivity index (χ0) is 28.6. The van der Waals surface area contributed by atoms with E-state index in [2.05, 4.69) is 66.4 Å². The van der Waals surface area contributed by atoms with Gasteiger partial charge in [-0.25, -0.2) is 0 Å². The number of pyridine rings is 2. The summed E-state index contributed by atoms with van der Waals surface area (Å²) in [6.45, 7) is 15.0. The Bertz CT molecular complexity index is 1200. The number of halogens is 2. The number of aromatic nitrogens is 2. The average Bonchev–Trinajstić information content (AvgIpc) is 3.31. The first kappa shape index (κ1) is 32.8. The van der Waals surface area contributed by atoms with E-state index >= 15 is 0 Å². The Morgan fingerprint density at radius 1 is 0.744 bits per heavy atom. The molecule has 0 saturated carbocycles. The van der Waals surface area contributed by atoms with Crippen LogP contribution in [0.2, 0.25) is 0 Å². The van der Waals surface area contributed by atoms with Crippen molar-refractivity contribution in [1.29, 1.82) is 0 Å². The predicted molar refractivity (Wildman–Crippen MR) is 166 cm³/mol. The Labute approximate surface area is 248 Å². The van der Waals surface area contributed by atoms with Crippen molar-refractivity contribution in [3.8, 4) is 0 Å². The van der Waals surface area contributed by atoms with Crippen LogP contribution < -0.4 is 4.90 Å². The van der Waals surface area contributed by atoms with Crippen LogP contribution in [0.1, 0.15) is 33.4 Å². The maximum atomic E-state index is 5.67. The number of hydrogen-bond donors (Lipinski definition) is 0. The first-order valence-corrected chi connectivity index (χ1v) is 18.1. The SMILES string of the molecule is Cc1cc(C)c(N2[CH-]N(C)CC2)c(C)c1.Cc1cccnc1.Cc1cccnc1.[Cl][Ru]([Cl])=[CH]c1ccccc1. The van der Waals surface area contributed by atoms with Gasteiger partial charge in [0.2, 0.25) is 0 Å². The molecular weight excluding hydrogens is 612 g/mol. The summed E-state index contributed by atoms with van der Waals surface area (Å²) in [5.41, 5.74) is 9.01. The molecule has 4 aromatic rings. The van der Waals surface area contributed by atoms with E-state index in [1.165, 1.54) is 33.5 Å². The number of likely N-dealkylation sites (N-methyl/N-ethyl adjacent to an activating group) is 1. The Morgan fingerprint density at radius 3 is 1.64 bits per heavy atom. The fraction of sp³-hybridized carbons (Fsp3) is 0.250. The van der Waals surface area contributed by atoms with Gasteiger partial charge in [-0.1, -0.05) is 29.8 Å². The summed E-state index contributed by atoms with van der Waals surface area (Å²) in [7, 11) is 13.5. The predicted octanol–water partition coefficient (Wildman–Crippen LogP) is 8.03. The molecule has 7 heteroatoms. The molecule has 39 heavy (non-hydrogen) atoms. The molecule has 2 aromatic heterocycles. The first-order valence-electron chi connectivity index (χ1n) is 12.7. The molecule has 0 atom stereocenters. The van der Waals surface area contributed by atoms with Crippen molar-refractivity contribution in [3.05, 3.63) is 132 Å². The second-order valence-electron chi connectivity index (χ2n) is 9.32. The van der Waals surface area contributed by atoms with Gasteiger partial charge in [-0.05, 0) is 82.6 Å². The number of benzene rings is 2. The van der Waals surface area contributed by atoms with Gasteiger partial charge in [-0.2, -0.15) is 6.67 Å². The number of aryl methyl sites for hydroxylation is 5. The summed E-state index contributed by atoms with van der Waals surface area (Å²) in [6.07, 6.45) is 7.21. The minimum atomic E-state index is -1.61. The molecule has 3 heterocycles. The summed E-state index contributed by atoms with van der Waals surface area (Å²) in [6, 6.07) is 22.3. The molecular formula is C32H39Cl2N4Ru-. The molecule has 0 aliphatic carbocycles. The molecule has 4 nitrogen and oxygen atoms in total. The van der Waals surface area contributed by atoms with Gasteiger partial charge in [0.15, 0.2) is 0 Å². The van der Waals surface area contributed by atoms with E-state index in [1.807, 2.05) is 85.4 Å². The molecule has 1 aliphatic rings. The molecule has 0 spiro atoms. The van der Waals surface area contributed by atoms with E-state index in [0.717, 1.165) is 18.7 Å². The van der Waals surface area contributed by atoms with Gasteiger partial charge in [-0.15, -0.1) is 0 Å². The van der Waals surface area contributed by atoms with Gasteiger partial charge in [0.05, 0.1) is 0 Å². The van der Waals surface area contributed by atoms with Crippen molar-refractivity contribution in [3.63, 3.8) is 0 Å². The minimum absolute atomic E-state index is 1.10. The third-order valence-electron chi connectivity index (χ3n) is 5.57. The Morgan fingerprint density at radius 2 is 1.28 bits per heavy atom. The standard InChI is InChI=1S/C13H19N2.C7H6.2C6H7N.2ClH.Ru/c1-10-7-11(2)13(12(3)8-10)15-6-5-14(4)9-15;1-7-5-3-2-4-6-7;2*1-6-3-2-4-7-5-6;;;/h7-9H,5-6H2,1-4H3;1-6H;2*2-5H,1H3;2*1H;/q-1;;;;;;+2/p-2. The first-order chi connectivity index (χ1) is 18.7. The number of hydrogen-bond acceptors (Lipinski definition) is 4. The van der Waals surface area contributed by atoms with Gasteiger partial charge in [0, 0.05) is 37.0 Å². The molecule has 5 rings (SSSR count). The summed E-state index contributed by atoms with van der Waals surface area (Å²) >= 11 is -1.61. The van der Waals surface area contributed by atoms with Crippen molar-refractivity contribution in [2.75, 3.05) is 25.0 Å². The van der Waals surface area contributed by atoms with Gasteiger partial charge in [0.25, 0.3) is 0 Å². The molecule has 0 unspecified atom stereocenters. The molecule has 1 fully saturated rings. The maximum absolute atomic E-state index is 5.67. The third-order valence-corrected chi connectivity index (χ3v) is 7.44. The van der Waals surface area contributed by atoms with Gasteiger partial charge in [-0.3, -0.25) is 9.97 Å². The molecule has 0 bridgehead atoms. The average molecular weight is 652 g/mol. The van der Waals surface area contributed by atoms with Crippen molar-refractivity contribution >= 4 is 29.7 Å². The molecule has 0 amide bonds. The van der Waals surface area contributed by atoms with E-state index in [4.69, 9.17) is 19.4 Å². The number of nitrogens with zero attached hydrogens (tertiary/aromatic N) is 4. The van der Waals surface area contributed by atoms with Gasteiger partial charge < -0.3 is 9.80 Å². The molecule has 0 radical (unpaired) electrons. The summed E-state index contributed by atoms with van der Waals surface area (Å²) in [5.74, 6) is 0. The van der Waals surface area contributed by atoms with Crippen LogP contribution in [0.15, 0.2) is 91.5 Å². The van der Waals surface area contributed by atoms with E-state index < -0.39 is 13.5 Å². The zero-order valence-electron chi connectivity index (χ0n) is 23.6. The van der Waals surface area contributed by atoms with Crippen LogP contribution in [0.4, 0.5) is 5.69 Å². The Balaban J connectivity index is 0.000000193. The monoisotopic (exact) mass is 651 g/mol. The van der Waals surface area contributed by atoms with E-state index in [0.29, 0.717) is 0 Å². The topological polar surface area (TPSA) is 32.3 Å². The fourth-order valence-corrected chi connectivity index (χ4v) is 5.75. The van der Waals surface area contributed by atoms with Crippen LogP contribution in [0.3, 0.4) is 0 Å². The summed E-state index contributed by atoms with van der Waals surface area (Å²) in [5, 5.41) is 0. The molecule has 1 saturated heterocycles. The Kier molecular flexibility index (Phi) is 15.1. The van der Waals surface area contributed by atoms with Crippen LogP contribution in [0, 0.1) is 41.3 Å². The Hall–Kier alpha value is -2.43. The van der Waals surface area contributed by atoms with E-state index in [-0.39, 0.29) is 0 Å². The summed E-state index contributed by atoms with van der Waals surface area (Å²) in [4.78, 5) is 12.4. The van der Waals surface area contributed by atoms with Gasteiger partial charge >= 0.3 is 73.4 Å². The van der Waals surface area contributed by atoms with Crippen molar-refractivity contribution in [1.82, 2.24) is 14.9 Å². The normalized spacial score (nSPS) is 12.6. The zero-order valence-corrected chi connectivity index (χ0v) is 26.9. The second kappa shape index (κ2) is 18.0. The van der Waals surface area contributed by atoms with Crippen molar-refractivity contribution < 1.29 is 13.5 Å². The van der Waals surface area contributed by atoms with Crippen LogP contribution in [-0.4, -0.2) is 39.6 Å². The molecule has 2 aromatic carbocycles. The fourth-order valence-electron chi connectivity index (χ4n) is 3.92. The molecule has 210 valence electrons. The molecule has 0 N–H and O–H groups in total. The second-order valence-corrected chi connectivity index (χ2v) is 15.0. The van der Waals surface area contributed by atoms with Crippen molar-refractivity contribution in [2.45, 2.75) is 34.6 Å². The number of anilines is 1. The molecule has 1 aliphatic heterocycles. The van der Waals surface area contributed by atoms with Crippen LogP contribution >= 0.6 is 19.4 Å². The van der Waals surface area contributed by atoms with Crippen LogP contribution in [0.5, 0.6) is 0 Å². The summed E-state index contributed by atoms with van der Waals surface area (Å²) < 4.78 is 1.92. The number of rotatable bonds is 2.